The Morgan fingerprint density at radius 3 is 2.35 bits per heavy atom. The van der Waals surface area contributed by atoms with Gasteiger partial charge in [-0.15, -0.1) is 0 Å². The Bertz CT molecular complexity index is 311. The van der Waals surface area contributed by atoms with E-state index in [-0.39, 0.29) is 6.04 Å². The van der Waals surface area contributed by atoms with Gasteiger partial charge in [-0.2, -0.15) is 13.1 Å². The van der Waals surface area contributed by atoms with E-state index in [9.17, 15) is 8.42 Å². The van der Waals surface area contributed by atoms with Crippen LogP contribution in [0, 0.1) is 11.8 Å². The van der Waals surface area contributed by atoms with Gasteiger partial charge in [0, 0.05) is 12.6 Å². The highest BCUT2D eigenvalue weighted by atomic mass is 32.2. The highest BCUT2D eigenvalue weighted by Gasteiger charge is 2.23. The van der Waals surface area contributed by atoms with E-state index in [1.54, 1.807) is 0 Å². The molecule has 0 aromatic carbocycles. The molecule has 0 bridgehead atoms. The van der Waals surface area contributed by atoms with Crippen LogP contribution in [0.15, 0.2) is 0 Å². The molecule has 0 spiro atoms. The van der Waals surface area contributed by atoms with Crippen LogP contribution in [0.2, 0.25) is 0 Å². The molecule has 0 aliphatic carbocycles. The van der Waals surface area contributed by atoms with Gasteiger partial charge in [-0.25, -0.2) is 4.72 Å². The van der Waals surface area contributed by atoms with Gasteiger partial charge in [0.1, 0.15) is 0 Å². The van der Waals surface area contributed by atoms with E-state index >= 15 is 0 Å². The average molecular weight is 263 g/mol. The van der Waals surface area contributed by atoms with Crippen molar-refractivity contribution in [3.8, 4) is 0 Å². The molecule has 1 aliphatic rings. The second-order valence-electron chi connectivity index (χ2n) is 5.24. The Morgan fingerprint density at radius 2 is 1.82 bits per heavy atom. The first-order chi connectivity index (χ1) is 7.91. The standard InChI is InChI=1S/C11H25N3O2S/c1-9(2)8-13-17(15,16)14-10(3)11-4-6-12-7-5-11/h9-14H,4-8H2,1-3H3. The normalized spacial score (nSPS) is 20.7. The SMILES string of the molecule is CC(C)CNS(=O)(=O)NC(C)C1CCNCC1. The molecule has 3 N–H and O–H groups in total. The maximum atomic E-state index is 11.8. The van der Waals surface area contributed by atoms with Crippen molar-refractivity contribution in [1.29, 1.82) is 0 Å². The van der Waals surface area contributed by atoms with E-state index < -0.39 is 10.2 Å². The van der Waals surface area contributed by atoms with Crippen LogP contribution in [0.3, 0.4) is 0 Å². The molecule has 0 saturated carbocycles. The summed E-state index contributed by atoms with van der Waals surface area (Å²) in [6, 6.07) is 0.00163. The summed E-state index contributed by atoms with van der Waals surface area (Å²) in [5.74, 6) is 0.757. The topological polar surface area (TPSA) is 70.2 Å². The van der Waals surface area contributed by atoms with Crippen molar-refractivity contribution in [2.75, 3.05) is 19.6 Å². The third kappa shape index (κ3) is 5.81. The molecule has 1 heterocycles. The molecule has 0 radical (unpaired) electrons. The van der Waals surface area contributed by atoms with E-state index in [0.717, 1.165) is 25.9 Å². The molecule has 17 heavy (non-hydrogen) atoms. The van der Waals surface area contributed by atoms with E-state index in [0.29, 0.717) is 18.4 Å². The van der Waals surface area contributed by atoms with Crippen molar-refractivity contribution in [1.82, 2.24) is 14.8 Å². The molecule has 102 valence electrons. The predicted octanol–water partition coefficient (Wildman–Crippen LogP) is 0.455. The number of hydrogen-bond acceptors (Lipinski definition) is 3. The number of hydrogen-bond donors (Lipinski definition) is 3. The molecular weight excluding hydrogens is 238 g/mol. The highest BCUT2D eigenvalue weighted by molar-refractivity contribution is 7.87. The monoisotopic (exact) mass is 263 g/mol. The van der Waals surface area contributed by atoms with Gasteiger partial charge in [-0.3, -0.25) is 0 Å². The quantitative estimate of drug-likeness (QED) is 0.652. The zero-order valence-corrected chi connectivity index (χ0v) is 11.8. The molecule has 0 amide bonds. The van der Waals surface area contributed by atoms with Crippen molar-refractivity contribution in [2.45, 2.75) is 39.7 Å². The molecular formula is C11H25N3O2S. The van der Waals surface area contributed by atoms with Crippen LogP contribution < -0.4 is 14.8 Å². The third-order valence-corrected chi connectivity index (χ3v) is 4.34. The van der Waals surface area contributed by atoms with Crippen molar-refractivity contribution < 1.29 is 8.42 Å². The van der Waals surface area contributed by atoms with Gasteiger partial charge >= 0.3 is 0 Å². The van der Waals surface area contributed by atoms with Crippen LogP contribution >= 0.6 is 0 Å². The summed E-state index contributed by atoms with van der Waals surface area (Å²) in [6.45, 7) is 8.36. The fourth-order valence-electron chi connectivity index (χ4n) is 2.00. The fraction of sp³-hybridized carbons (Fsp3) is 1.00. The molecule has 1 saturated heterocycles. The second kappa shape index (κ2) is 6.68. The van der Waals surface area contributed by atoms with Gasteiger partial charge in [0.05, 0.1) is 0 Å². The molecule has 1 fully saturated rings. The highest BCUT2D eigenvalue weighted by Crippen LogP contribution is 2.16. The van der Waals surface area contributed by atoms with Crippen molar-refractivity contribution in [2.24, 2.45) is 11.8 Å². The van der Waals surface area contributed by atoms with E-state index in [1.165, 1.54) is 0 Å². The summed E-state index contributed by atoms with van der Waals surface area (Å²) in [6.07, 6.45) is 2.07. The molecule has 1 aliphatic heterocycles. The van der Waals surface area contributed by atoms with Gasteiger partial charge in [0.15, 0.2) is 0 Å². The van der Waals surface area contributed by atoms with E-state index in [4.69, 9.17) is 0 Å². The smallest absolute Gasteiger partial charge is 0.277 e. The number of piperidine rings is 1. The molecule has 5 nitrogen and oxygen atoms in total. The van der Waals surface area contributed by atoms with Gasteiger partial charge in [0.2, 0.25) is 0 Å². The minimum absolute atomic E-state index is 0.00163. The Morgan fingerprint density at radius 1 is 1.24 bits per heavy atom. The lowest BCUT2D eigenvalue weighted by Gasteiger charge is -2.28. The zero-order chi connectivity index (χ0) is 12.9. The maximum Gasteiger partial charge on any atom is 0.277 e. The predicted molar refractivity (Wildman–Crippen MR) is 70.0 cm³/mol. The van der Waals surface area contributed by atoms with Crippen LogP contribution in [0.5, 0.6) is 0 Å². The lowest BCUT2D eigenvalue weighted by Crippen LogP contribution is -2.47. The maximum absolute atomic E-state index is 11.8. The summed E-state index contributed by atoms with van der Waals surface area (Å²) in [7, 11) is -3.35. The Hall–Kier alpha value is -0.170. The van der Waals surface area contributed by atoms with E-state index in [2.05, 4.69) is 14.8 Å². The van der Waals surface area contributed by atoms with Crippen LogP contribution in [-0.4, -0.2) is 34.1 Å². The molecule has 1 rings (SSSR count). The summed E-state index contributed by atoms with van der Waals surface area (Å²) >= 11 is 0. The summed E-state index contributed by atoms with van der Waals surface area (Å²) < 4.78 is 28.8. The Kier molecular flexibility index (Phi) is 5.85. The van der Waals surface area contributed by atoms with Gasteiger partial charge < -0.3 is 5.32 Å². The van der Waals surface area contributed by atoms with Gasteiger partial charge in [-0.1, -0.05) is 13.8 Å². The molecule has 1 atom stereocenters. The summed E-state index contributed by atoms with van der Waals surface area (Å²) in [5.41, 5.74) is 0. The molecule has 0 aromatic heterocycles. The minimum Gasteiger partial charge on any atom is -0.317 e. The van der Waals surface area contributed by atoms with Crippen molar-refractivity contribution in [3.63, 3.8) is 0 Å². The first-order valence-corrected chi connectivity index (χ1v) is 7.86. The third-order valence-electron chi connectivity index (χ3n) is 3.11. The largest absolute Gasteiger partial charge is 0.317 e. The van der Waals surface area contributed by atoms with Gasteiger partial charge in [-0.05, 0) is 44.7 Å². The van der Waals surface area contributed by atoms with Crippen LogP contribution in [0.1, 0.15) is 33.6 Å². The summed E-state index contributed by atoms with van der Waals surface area (Å²) in [5, 5.41) is 3.28. The van der Waals surface area contributed by atoms with Crippen LogP contribution in [-0.2, 0) is 10.2 Å². The lowest BCUT2D eigenvalue weighted by molar-refractivity contribution is 0.315. The zero-order valence-electron chi connectivity index (χ0n) is 11.0. The Balaban J connectivity index is 2.40. The first kappa shape index (κ1) is 14.9. The Labute approximate surface area is 105 Å². The van der Waals surface area contributed by atoms with Crippen LogP contribution in [0.25, 0.3) is 0 Å². The fourth-order valence-corrected chi connectivity index (χ4v) is 3.32. The van der Waals surface area contributed by atoms with Crippen molar-refractivity contribution >= 4 is 10.2 Å². The second-order valence-corrected chi connectivity index (χ2v) is 6.77. The van der Waals surface area contributed by atoms with Gasteiger partial charge in [0.25, 0.3) is 10.2 Å². The average Bonchev–Trinajstić information content (AvgIpc) is 2.27. The van der Waals surface area contributed by atoms with Crippen LogP contribution in [0.4, 0.5) is 0 Å². The first-order valence-electron chi connectivity index (χ1n) is 6.38. The minimum atomic E-state index is -3.35. The number of nitrogens with one attached hydrogen (secondary N) is 3. The van der Waals surface area contributed by atoms with E-state index in [1.807, 2.05) is 20.8 Å². The van der Waals surface area contributed by atoms with Crippen molar-refractivity contribution in [3.05, 3.63) is 0 Å². The lowest BCUT2D eigenvalue weighted by atomic mass is 9.92. The molecule has 6 heteroatoms. The molecule has 1 unspecified atom stereocenters. The molecule has 0 aromatic rings. The number of rotatable bonds is 6. The summed E-state index contributed by atoms with van der Waals surface area (Å²) in [4.78, 5) is 0.